The molecule has 7 nitrogen and oxygen atoms in total. The predicted molar refractivity (Wildman–Crippen MR) is 75.4 cm³/mol. The second-order valence-electron chi connectivity index (χ2n) is 5.84. The van der Waals surface area contributed by atoms with E-state index in [0.717, 1.165) is 16.3 Å². The molecule has 1 aliphatic rings. The molecule has 1 N–H and O–H groups in total. The van der Waals surface area contributed by atoms with Crippen LogP contribution in [0.1, 0.15) is 31.7 Å². The van der Waals surface area contributed by atoms with Crippen molar-refractivity contribution in [2.24, 2.45) is 5.41 Å². The minimum absolute atomic E-state index is 0.264. The molecular formula is C14H20N4O3. The first kappa shape index (κ1) is 15.2. The van der Waals surface area contributed by atoms with E-state index in [1.165, 1.54) is 13.8 Å². The zero-order valence-corrected chi connectivity index (χ0v) is 12.8. The largest absolute Gasteiger partial charge is 0.330 e. The Bertz CT molecular complexity index is 603. The van der Waals surface area contributed by atoms with Crippen LogP contribution in [0, 0.1) is 19.3 Å². The predicted octanol–water partition coefficient (Wildman–Crippen LogP) is 0.995. The Balaban J connectivity index is 1.99. The molecule has 114 valence electrons. The molecule has 1 aromatic heterocycles. The lowest BCUT2D eigenvalue weighted by atomic mass is 9.89. The molecule has 7 heteroatoms. The van der Waals surface area contributed by atoms with Gasteiger partial charge in [0.05, 0.1) is 5.69 Å². The third kappa shape index (κ3) is 2.81. The lowest BCUT2D eigenvalue weighted by molar-refractivity contribution is -0.149. The van der Waals surface area contributed by atoms with Gasteiger partial charge in [0.2, 0.25) is 11.8 Å². The number of aromatic nitrogens is 2. The maximum Gasteiger partial charge on any atom is 0.330 e. The van der Waals surface area contributed by atoms with Crippen molar-refractivity contribution in [3.63, 3.8) is 0 Å². The molecule has 1 aliphatic heterocycles. The molecule has 4 amide bonds. The fourth-order valence-electron chi connectivity index (χ4n) is 2.33. The second kappa shape index (κ2) is 5.31. The molecule has 21 heavy (non-hydrogen) atoms. The number of aryl methyl sites for hydroxylation is 3. The Kier molecular flexibility index (Phi) is 3.85. The summed E-state index contributed by atoms with van der Waals surface area (Å²) in [5.41, 5.74) is 0.773. The molecule has 0 atom stereocenters. The van der Waals surface area contributed by atoms with Gasteiger partial charge in [0, 0.05) is 18.8 Å². The van der Waals surface area contributed by atoms with Crippen LogP contribution in [0.25, 0.3) is 0 Å². The topological polar surface area (TPSA) is 84.3 Å². The quantitative estimate of drug-likeness (QED) is 0.839. The van der Waals surface area contributed by atoms with Gasteiger partial charge in [0.25, 0.3) is 0 Å². The van der Waals surface area contributed by atoms with E-state index in [1.54, 1.807) is 0 Å². The summed E-state index contributed by atoms with van der Waals surface area (Å²) in [6, 6.07) is 1.33. The van der Waals surface area contributed by atoms with Gasteiger partial charge < -0.3 is 0 Å². The normalized spacial score (nSPS) is 18.1. The Morgan fingerprint density at radius 2 is 1.86 bits per heavy atom. The SMILES string of the molecule is Cc1cc(C)n(CCCN2C(=O)NC(=O)C(C)(C)C2=O)n1. The van der Waals surface area contributed by atoms with Gasteiger partial charge >= 0.3 is 6.03 Å². The highest BCUT2D eigenvalue weighted by atomic mass is 16.2. The van der Waals surface area contributed by atoms with Crippen LogP contribution in [0.5, 0.6) is 0 Å². The average molecular weight is 292 g/mol. The van der Waals surface area contributed by atoms with E-state index in [1.807, 2.05) is 24.6 Å². The van der Waals surface area contributed by atoms with Crippen molar-refractivity contribution in [1.82, 2.24) is 20.0 Å². The van der Waals surface area contributed by atoms with E-state index in [-0.39, 0.29) is 6.54 Å². The Hall–Kier alpha value is -2.18. The van der Waals surface area contributed by atoms with Crippen LogP contribution in [-0.4, -0.2) is 39.1 Å². The fourth-order valence-corrected chi connectivity index (χ4v) is 2.33. The van der Waals surface area contributed by atoms with Crippen LogP contribution < -0.4 is 5.32 Å². The Labute approximate surface area is 123 Å². The lowest BCUT2D eigenvalue weighted by Crippen LogP contribution is -2.62. The smallest absolute Gasteiger partial charge is 0.277 e. The number of amides is 4. The van der Waals surface area contributed by atoms with Gasteiger partial charge in [-0.05, 0) is 40.2 Å². The van der Waals surface area contributed by atoms with Crippen LogP contribution in [0.3, 0.4) is 0 Å². The fraction of sp³-hybridized carbons (Fsp3) is 0.571. The standard InChI is InChI=1S/C14H20N4O3/c1-9-8-10(2)18(16-9)7-5-6-17-12(20)14(3,4)11(19)15-13(17)21/h8H,5-7H2,1-4H3,(H,15,19,21). The van der Waals surface area contributed by atoms with Gasteiger partial charge in [-0.15, -0.1) is 0 Å². The highest BCUT2D eigenvalue weighted by Gasteiger charge is 2.46. The lowest BCUT2D eigenvalue weighted by Gasteiger charge is -2.34. The summed E-state index contributed by atoms with van der Waals surface area (Å²) in [6.45, 7) is 7.79. The maximum atomic E-state index is 12.2. The van der Waals surface area contributed by atoms with Gasteiger partial charge in [-0.3, -0.25) is 24.5 Å². The summed E-state index contributed by atoms with van der Waals surface area (Å²) in [5.74, 6) is -1.00. The molecule has 1 aromatic rings. The summed E-state index contributed by atoms with van der Waals surface area (Å²) in [6.07, 6.45) is 0.589. The average Bonchev–Trinajstić information content (AvgIpc) is 2.70. The summed E-state index contributed by atoms with van der Waals surface area (Å²) >= 11 is 0. The monoisotopic (exact) mass is 292 g/mol. The molecular weight excluding hydrogens is 272 g/mol. The zero-order valence-electron chi connectivity index (χ0n) is 12.8. The van der Waals surface area contributed by atoms with Gasteiger partial charge in [0.15, 0.2) is 0 Å². The number of imide groups is 2. The number of nitrogens with one attached hydrogen (secondary N) is 1. The number of carbonyl (C=O) groups excluding carboxylic acids is 3. The number of barbiturate groups is 1. The number of hydrogen-bond acceptors (Lipinski definition) is 4. The van der Waals surface area contributed by atoms with Gasteiger partial charge in [-0.25, -0.2) is 4.79 Å². The van der Waals surface area contributed by atoms with Gasteiger partial charge in [-0.1, -0.05) is 0 Å². The van der Waals surface area contributed by atoms with Gasteiger partial charge in [0.1, 0.15) is 5.41 Å². The molecule has 0 unspecified atom stereocenters. The van der Waals surface area contributed by atoms with Crippen molar-refractivity contribution in [3.05, 3.63) is 17.5 Å². The van der Waals surface area contributed by atoms with Crippen LogP contribution in [-0.2, 0) is 16.1 Å². The number of urea groups is 1. The maximum absolute atomic E-state index is 12.2. The summed E-state index contributed by atoms with van der Waals surface area (Å²) < 4.78 is 1.85. The van der Waals surface area contributed by atoms with Crippen molar-refractivity contribution >= 4 is 17.8 Å². The molecule has 0 aromatic carbocycles. The van der Waals surface area contributed by atoms with Crippen LogP contribution in [0.2, 0.25) is 0 Å². The third-order valence-electron chi connectivity index (χ3n) is 3.67. The van der Waals surface area contributed by atoms with Crippen molar-refractivity contribution < 1.29 is 14.4 Å². The Morgan fingerprint density at radius 3 is 2.43 bits per heavy atom. The molecule has 0 bridgehead atoms. The van der Waals surface area contributed by atoms with E-state index in [4.69, 9.17) is 0 Å². The summed E-state index contributed by atoms with van der Waals surface area (Å²) in [5, 5.41) is 6.55. The highest BCUT2D eigenvalue weighted by molar-refractivity contribution is 6.18. The molecule has 0 aliphatic carbocycles. The van der Waals surface area contributed by atoms with Crippen molar-refractivity contribution in [2.75, 3.05) is 6.54 Å². The summed E-state index contributed by atoms with van der Waals surface area (Å²) in [4.78, 5) is 36.7. The molecule has 1 saturated heterocycles. The minimum atomic E-state index is -1.20. The van der Waals surface area contributed by atoms with Crippen LogP contribution in [0.4, 0.5) is 4.79 Å². The number of carbonyl (C=O) groups is 3. The molecule has 1 fully saturated rings. The second-order valence-corrected chi connectivity index (χ2v) is 5.84. The van der Waals surface area contributed by atoms with Gasteiger partial charge in [-0.2, -0.15) is 5.10 Å². The minimum Gasteiger partial charge on any atom is -0.277 e. The first-order chi connectivity index (χ1) is 9.73. The van der Waals surface area contributed by atoms with Crippen molar-refractivity contribution in [2.45, 2.75) is 40.7 Å². The van der Waals surface area contributed by atoms with E-state index in [9.17, 15) is 14.4 Å². The van der Waals surface area contributed by atoms with Crippen molar-refractivity contribution in [3.8, 4) is 0 Å². The first-order valence-corrected chi connectivity index (χ1v) is 6.92. The van der Waals surface area contributed by atoms with E-state index in [0.29, 0.717) is 13.0 Å². The first-order valence-electron chi connectivity index (χ1n) is 6.92. The molecule has 2 heterocycles. The Morgan fingerprint density at radius 1 is 1.19 bits per heavy atom. The summed E-state index contributed by atoms with van der Waals surface area (Å²) in [7, 11) is 0. The third-order valence-corrected chi connectivity index (χ3v) is 3.67. The van der Waals surface area contributed by atoms with Crippen LogP contribution >= 0.6 is 0 Å². The number of hydrogen-bond donors (Lipinski definition) is 1. The molecule has 2 rings (SSSR count). The van der Waals surface area contributed by atoms with E-state index in [2.05, 4.69) is 10.4 Å². The molecule has 0 radical (unpaired) electrons. The zero-order chi connectivity index (χ0) is 15.8. The number of rotatable bonds is 4. The van der Waals surface area contributed by atoms with E-state index >= 15 is 0 Å². The highest BCUT2D eigenvalue weighted by Crippen LogP contribution is 2.23. The number of nitrogens with zero attached hydrogens (tertiary/aromatic N) is 3. The van der Waals surface area contributed by atoms with Crippen LogP contribution in [0.15, 0.2) is 6.07 Å². The molecule has 0 saturated carbocycles. The molecule has 0 spiro atoms. The van der Waals surface area contributed by atoms with E-state index < -0.39 is 23.3 Å². The van der Waals surface area contributed by atoms with Crippen molar-refractivity contribution in [1.29, 1.82) is 0 Å².